The minimum Gasteiger partial charge on any atom is -0.491 e. The van der Waals surface area contributed by atoms with Gasteiger partial charge in [0.05, 0.1) is 18.0 Å². The summed E-state index contributed by atoms with van der Waals surface area (Å²) in [6.07, 6.45) is 1.30. The highest BCUT2D eigenvalue weighted by Gasteiger charge is 2.18. The van der Waals surface area contributed by atoms with Crippen LogP contribution in [0, 0.1) is 0 Å². The monoisotopic (exact) mass is 489 g/mol. The van der Waals surface area contributed by atoms with Gasteiger partial charge in [0.15, 0.2) is 0 Å². The Morgan fingerprint density at radius 2 is 1.64 bits per heavy atom. The third kappa shape index (κ3) is 8.00. The first kappa shape index (κ1) is 26.0. The van der Waals surface area contributed by atoms with E-state index in [1.165, 1.54) is 6.08 Å². The van der Waals surface area contributed by atoms with Gasteiger partial charge in [0.2, 0.25) is 5.91 Å². The second-order valence-corrected chi connectivity index (χ2v) is 7.57. The van der Waals surface area contributed by atoms with E-state index in [1.807, 2.05) is 0 Å². The van der Waals surface area contributed by atoms with Crippen molar-refractivity contribution in [3.05, 3.63) is 102 Å². The first-order chi connectivity index (χ1) is 17.5. The number of anilines is 2. The highest BCUT2D eigenvalue weighted by Crippen LogP contribution is 2.25. The zero-order valence-corrected chi connectivity index (χ0v) is 19.4. The molecule has 9 nitrogen and oxygen atoms in total. The third-order valence-electron chi connectivity index (χ3n) is 4.95. The molecule has 0 aliphatic heterocycles. The Bertz CT molecular complexity index is 1200. The summed E-state index contributed by atoms with van der Waals surface area (Å²) < 4.78 is 10.9. The normalized spacial score (nSPS) is 11.5. The molecule has 0 fully saturated rings. The molecular weight excluding hydrogens is 462 g/mol. The van der Waals surface area contributed by atoms with Crippen LogP contribution in [0.4, 0.5) is 16.2 Å². The van der Waals surface area contributed by atoms with Gasteiger partial charge in [-0.1, -0.05) is 48.5 Å². The number of hydrogen-bond donors (Lipinski definition) is 4. The Morgan fingerprint density at radius 1 is 0.944 bits per heavy atom. The van der Waals surface area contributed by atoms with Gasteiger partial charge in [-0.25, -0.2) is 4.79 Å². The van der Waals surface area contributed by atoms with E-state index < -0.39 is 24.0 Å². The van der Waals surface area contributed by atoms with Crippen LogP contribution in [0.1, 0.15) is 28.4 Å². The first-order valence-electron chi connectivity index (χ1n) is 11.2. The van der Waals surface area contributed by atoms with Crippen LogP contribution < -0.4 is 21.1 Å². The zero-order chi connectivity index (χ0) is 25.8. The molecule has 0 aliphatic rings. The maximum Gasteiger partial charge on any atom is 0.414 e. The molecule has 36 heavy (non-hydrogen) atoms. The van der Waals surface area contributed by atoms with Crippen LogP contribution in [0.15, 0.2) is 91.0 Å². The number of amides is 3. The van der Waals surface area contributed by atoms with Crippen LogP contribution in [-0.2, 0) is 9.53 Å². The number of imide groups is 1. The van der Waals surface area contributed by atoms with Crippen LogP contribution in [-0.4, -0.2) is 36.2 Å². The summed E-state index contributed by atoms with van der Waals surface area (Å²) in [5.74, 6) is -0.462. The van der Waals surface area contributed by atoms with Crippen LogP contribution in [0.3, 0.4) is 0 Å². The van der Waals surface area contributed by atoms with Gasteiger partial charge in [-0.05, 0) is 48.0 Å². The summed E-state index contributed by atoms with van der Waals surface area (Å²) in [5, 5.41) is 13.8. The minimum atomic E-state index is -0.927. The molecular formula is C27H27N3O6. The van der Waals surface area contributed by atoms with Crippen molar-refractivity contribution in [2.24, 2.45) is 0 Å². The Kier molecular flexibility index (Phi) is 9.60. The fourth-order valence-corrected chi connectivity index (χ4v) is 3.19. The molecule has 3 aromatic rings. The van der Waals surface area contributed by atoms with Crippen molar-refractivity contribution in [2.75, 3.05) is 24.3 Å². The molecule has 5 N–H and O–H groups in total. The van der Waals surface area contributed by atoms with Crippen molar-refractivity contribution < 1.29 is 29.0 Å². The highest BCUT2D eigenvalue weighted by atomic mass is 16.6. The summed E-state index contributed by atoms with van der Waals surface area (Å²) >= 11 is 0. The molecule has 0 aliphatic carbocycles. The number of hydrogen-bond acceptors (Lipinski definition) is 7. The van der Waals surface area contributed by atoms with Crippen molar-refractivity contribution in [3.8, 4) is 5.75 Å². The molecule has 1 atom stereocenters. The van der Waals surface area contributed by atoms with E-state index in [-0.39, 0.29) is 19.6 Å². The Hall–Kier alpha value is -4.63. The second-order valence-electron chi connectivity index (χ2n) is 7.57. The van der Waals surface area contributed by atoms with E-state index in [9.17, 15) is 14.4 Å². The van der Waals surface area contributed by atoms with Gasteiger partial charge in [0, 0.05) is 12.0 Å². The quantitative estimate of drug-likeness (QED) is 0.251. The number of carbonyl (C=O) groups is 3. The Morgan fingerprint density at radius 3 is 2.33 bits per heavy atom. The predicted molar refractivity (Wildman–Crippen MR) is 135 cm³/mol. The maximum atomic E-state index is 12.5. The van der Waals surface area contributed by atoms with Crippen LogP contribution in [0.2, 0.25) is 0 Å². The van der Waals surface area contributed by atoms with E-state index in [0.717, 1.165) is 0 Å². The second kappa shape index (κ2) is 13.3. The molecule has 3 amide bonds. The van der Waals surface area contributed by atoms with Gasteiger partial charge >= 0.3 is 6.09 Å². The number of nitrogens with one attached hydrogen (secondary N) is 2. The molecule has 0 heterocycles. The van der Waals surface area contributed by atoms with E-state index in [1.54, 1.807) is 84.9 Å². The van der Waals surface area contributed by atoms with Crippen molar-refractivity contribution >= 4 is 29.3 Å². The largest absolute Gasteiger partial charge is 0.491 e. The number of nitrogen functional groups attached to an aromatic ring is 1. The number of para-hydroxylation sites is 2. The number of carbonyl (C=O) groups excluding carboxylic acids is 3. The van der Waals surface area contributed by atoms with Gasteiger partial charge in [-0.2, -0.15) is 0 Å². The van der Waals surface area contributed by atoms with Crippen molar-refractivity contribution in [1.29, 1.82) is 0 Å². The summed E-state index contributed by atoms with van der Waals surface area (Å²) in [4.78, 5) is 37.1. The number of benzene rings is 3. The maximum absolute atomic E-state index is 12.5. The van der Waals surface area contributed by atoms with Crippen molar-refractivity contribution in [2.45, 2.75) is 12.5 Å². The van der Waals surface area contributed by atoms with Gasteiger partial charge in [0.25, 0.3) is 5.91 Å². The average molecular weight is 490 g/mol. The van der Waals surface area contributed by atoms with E-state index in [4.69, 9.17) is 20.3 Å². The lowest BCUT2D eigenvalue weighted by Crippen LogP contribution is -2.32. The lowest BCUT2D eigenvalue weighted by atomic mass is 10.1. The van der Waals surface area contributed by atoms with Crippen LogP contribution in [0.25, 0.3) is 0 Å². The predicted octanol–water partition coefficient (Wildman–Crippen LogP) is 3.83. The van der Waals surface area contributed by atoms with Crippen molar-refractivity contribution in [1.82, 2.24) is 5.32 Å². The summed E-state index contributed by atoms with van der Waals surface area (Å²) in [6.45, 7) is 0.0254. The SMILES string of the molecule is Nc1ccccc1NC(=O)/C=C/C[C@@H](OC(=O)NC(=O)c1ccccc1)c1ccc(OCCO)cc1. The lowest BCUT2D eigenvalue weighted by molar-refractivity contribution is -0.111. The summed E-state index contributed by atoms with van der Waals surface area (Å²) in [7, 11) is 0. The number of aliphatic hydroxyl groups excluding tert-OH is 1. The smallest absolute Gasteiger partial charge is 0.414 e. The van der Waals surface area contributed by atoms with E-state index in [2.05, 4.69) is 10.6 Å². The van der Waals surface area contributed by atoms with Gasteiger partial charge in [-0.3, -0.25) is 14.9 Å². The molecule has 0 bridgehead atoms. The standard InChI is InChI=1S/C27H27N3O6/c28-22-9-4-5-10-23(22)29-25(32)12-6-11-24(19-13-15-21(16-14-19)35-18-17-31)36-27(34)30-26(33)20-7-2-1-3-8-20/h1-10,12-16,24,31H,11,17-18,28H2,(H,29,32)(H,30,33,34)/b12-6+/t24-/m1/s1. The average Bonchev–Trinajstić information content (AvgIpc) is 2.89. The summed E-state index contributed by atoms with van der Waals surface area (Å²) in [6, 6.07) is 21.9. The Balaban J connectivity index is 1.68. The number of nitrogens with two attached hydrogens (primary N) is 1. The molecule has 0 saturated carbocycles. The molecule has 0 radical (unpaired) electrons. The fraction of sp³-hybridized carbons (Fsp3) is 0.148. The topological polar surface area (TPSA) is 140 Å². The molecule has 0 spiro atoms. The molecule has 186 valence electrons. The highest BCUT2D eigenvalue weighted by molar-refractivity contribution is 6.03. The lowest BCUT2D eigenvalue weighted by Gasteiger charge is -2.17. The number of aliphatic hydroxyl groups is 1. The Labute approximate surface area is 208 Å². The minimum absolute atomic E-state index is 0.120. The fourth-order valence-electron chi connectivity index (χ4n) is 3.19. The molecule has 0 unspecified atom stereocenters. The van der Waals surface area contributed by atoms with Crippen molar-refractivity contribution in [3.63, 3.8) is 0 Å². The van der Waals surface area contributed by atoms with Gasteiger partial charge in [-0.15, -0.1) is 0 Å². The molecule has 3 rings (SSSR count). The first-order valence-corrected chi connectivity index (χ1v) is 11.2. The van der Waals surface area contributed by atoms with Crippen LogP contribution >= 0.6 is 0 Å². The molecule has 0 aromatic heterocycles. The molecule has 9 heteroatoms. The molecule has 0 saturated heterocycles. The van der Waals surface area contributed by atoms with E-state index >= 15 is 0 Å². The van der Waals surface area contributed by atoms with E-state index in [0.29, 0.717) is 28.3 Å². The zero-order valence-electron chi connectivity index (χ0n) is 19.4. The number of ether oxygens (including phenoxy) is 2. The van der Waals surface area contributed by atoms with Crippen LogP contribution in [0.5, 0.6) is 5.75 Å². The van der Waals surface area contributed by atoms with Gasteiger partial charge < -0.3 is 25.6 Å². The molecule has 3 aromatic carbocycles. The third-order valence-corrected chi connectivity index (χ3v) is 4.95. The number of alkyl carbamates (subject to hydrolysis) is 1. The van der Waals surface area contributed by atoms with Gasteiger partial charge in [0.1, 0.15) is 18.5 Å². The summed E-state index contributed by atoms with van der Waals surface area (Å²) in [5.41, 5.74) is 7.69. The number of rotatable bonds is 10.